The van der Waals surface area contributed by atoms with E-state index in [0.29, 0.717) is 12.2 Å². The summed E-state index contributed by atoms with van der Waals surface area (Å²) in [6.07, 6.45) is 6.67. The molecule has 1 aliphatic rings. The molecule has 10 heteroatoms. The third-order valence-corrected chi connectivity index (χ3v) is 5.78. The Morgan fingerprint density at radius 2 is 1.54 bits per heavy atom. The minimum Gasteiger partial charge on any atom is -0.478 e. The van der Waals surface area contributed by atoms with Crippen molar-refractivity contribution in [3.63, 3.8) is 0 Å². The predicted octanol–water partition coefficient (Wildman–Crippen LogP) is 2.53. The number of anilines is 1. The molecular weight excluding hydrogens is 448 g/mol. The highest BCUT2D eigenvalue weighted by Crippen LogP contribution is 2.27. The molecule has 3 heterocycles. The number of carboxylic acid groups (broad SMARTS) is 2. The number of piperazine rings is 1. The number of benzene rings is 1. The number of rotatable bonds is 6. The number of hydrogen-bond acceptors (Lipinski definition) is 7. The highest BCUT2D eigenvalue weighted by molar-refractivity contribution is 5.89. The van der Waals surface area contributed by atoms with Crippen molar-refractivity contribution in [2.24, 2.45) is 7.05 Å². The number of carbonyl (C=O) groups is 2. The molecule has 4 rings (SSSR count). The van der Waals surface area contributed by atoms with E-state index in [0.717, 1.165) is 49.8 Å². The summed E-state index contributed by atoms with van der Waals surface area (Å²) in [5.74, 6) is -1.53. The molecule has 0 unspecified atom stereocenters. The number of hydrogen-bond donors (Lipinski definition) is 2. The maximum absolute atomic E-state index is 9.55. The van der Waals surface area contributed by atoms with Crippen molar-refractivity contribution in [1.82, 2.24) is 24.6 Å². The Balaban J connectivity index is 0.000000371. The molecule has 0 amide bonds. The van der Waals surface area contributed by atoms with E-state index in [1.165, 1.54) is 16.8 Å². The van der Waals surface area contributed by atoms with E-state index >= 15 is 0 Å². The van der Waals surface area contributed by atoms with Crippen LogP contribution in [-0.2, 0) is 23.2 Å². The highest BCUT2D eigenvalue weighted by atomic mass is 16.4. The first kappa shape index (κ1) is 25.6. The van der Waals surface area contributed by atoms with Crippen LogP contribution in [0.15, 0.2) is 55.0 Å². The molecule has 1 aliphatic heterocycles. The van der Waals surface area contributed by atoms with Gasteiger partial charge in [-0.3, -0.25) is 14.6 Å². The van der Waals surface area contributed by atoms with Gasteiger partial charge in [-0.2, -0.15) is 5.10 Å². The van der Waals surface area contributed by atoms with Crippen LogP contribution in [0, 0.1) is 13.8 Å². The zero-order valence-electron chi connectivity index (χ0n) is 20.1. The van der Waals surface area contributed by atoms with Gasteiger partial charge in [0.2, 0.25) is 0 Å². The van der Waals surface area contributed by atoms with Gasteiger partial charge >= 0.3 is 11.9 Å². The van der Waals surface area contributed by atoms with Gasteiger partial charge in [0.25, 0.3) is 0 Å². The first-order valence-electron chi connectivity index (χ1n) is 11.2. The zero-order valence-corrected chi connectivity index (χ0v) is 20.1. The van der Waals surface area contributed by atoms with Gasteiger partial charge in [-0.1, -0.05) is 29.8 Å². The van der Waals surface area contributed by atoms with Crippen molar-refractivity contribution in [2.75, 3.05) is 31.1 Å². The van der Waals surface area contributed by atoms with Gasteiger partial charge in [0.05, 0.1) is 6.20 Å². The van der Waals surface area contributed by atoms with Crippen LogP contribution in [0.4, 0.5) is 5.82 Å². The van der Waals surface area contributed by atoms with Crippen LogP contribution in [0.5, 0.6) is 0 Å². The Hall–Kier alpha value is -4.05. The lowest BCUT2D eigenvalue weighted by Gasteiger charge is -2.35. The Labute approximate surface area is 204 Å². The summed E-state index contributed by atoms with van der Waals surface area (Å²) in [5.41, 5.74) is 5.90. The second-order valence-electron chi connectivity index (χ2n) is 8.25. The van der Waals surface area contributed by atoms with Crippen LogP contribution in [0.3, 0.4) is 0 Å². The molecule has 0 radical (unpaired) electrons. The van der Waals surface area contributed by atoms with E-state index in [4.69, 9.17) is 10.2 Å². The lowest BCUT2D eigenvalue weighted by molar-refractivity contribution is -0.134. The minimum atomic E-state index is -1.26. The van der Waals surface area contributed by atoms with E-state index < -0.39 is 11.9 Å². The molecule has 2 aromatic heterocycles. The van der Waals surface area contributed by atoms with Gasteiger partial charge in [0.1, 0.15) is 5.69 Å². The Morgan fingerprint density at radius 1 is 0.943 bits per heavy atom. The van der Waals surface area contributed by atoms with Crippen LogP contribution in [0.1, 0.15) is 16.8 Å². The van der Waals surface area contributed by atoms with Crippen molar-refractivity contribution in [2.45, 2.75) is 20.4 Å². The number of nitrogens with zero attached hydrogens (tertiary/aromatic N) is 6. The van der Waals surface area contributed by atoms with Crippen LogP contribution < -0.4 is 4.90 Å². The van der Waals surface area contributed by atoms with Gasteiger partial charge in [0, 0.05) is 81.1 Å². The third kappa shape index (κ3) is 7.21. The van der Waals surface area contributed by atoms with Crippen LogP contribution in [-0.4, -0.2) is 73.0 Å². The molecule has 1 saturated heterocycles. The fraction of sp³-hybridized carbons (Fsp3) is 0.320. The molecule has 0 saturated carbocycles. The monoisotopic (exact) mass is 478 g/mol. The normalized spacial score (nSPS) is 14.0. The smallest absolute Gasteiger partial charge is 0.328 e. The zero-order chi connectivity index (χ0) is 25.4. The summed E-state index contributed by atoms with van der Waals surface area (Å²) in [6.45, 7) is 9.12. The molecule has 0 atom stereocenters. The number of carboxylic acids is 2. The maximum Gasteiger partial charge on any atom is 0.328 e. The molecule has 1 aromatic carbocycles. The van der Waals surface area contributed by atoms with Gasteiger partial charge in [-0.05, 0) is 13.8 Å². The topological polar surface area (TPSA) is 125 Å². The molecule has 0 bridgehead atoms. The standard InChI is InChI=1S/C21H26N6.C4H4O4/c1-16-4-6-18(7-5-16)20-21(23-9-8-22-20)27-12-10-26(11-13-27)15-19-14-24-25(3)17(19)2;5-3(6)1-2-4(7)8/h4-9,14H,10-13,15H2,1-3H3;1-2H,(H,5,6)(H,7,8)/b;2-1+. The van der Waals surface area contributed by atoms with E-state index in [2.05, 4.69) is 63.0 Å². The van der Waals surface area contributed by atoms with Gasteiger partial charge in [0.15, 0.2) is 5.82 Å². The molecule has 0 spiro atoms. The Morgan fingerprint density at radius 3 is 2.09 bits per heavy atom. The largest absolute Gasteiger partial charge is 0.478 e. The van der Waals surface area contributed by atoms with Crippen LogP contribution >= 0.6 is 0 Å². The van der Waals surface area contributed by atoms with Gasteiger partial charge in [-0.15, -0.1) is 0 Å². The quantitative estimate of drug-likeness (QED) is 0.514. The Bertz CT molecular complexity index is 1160. The molecule has 2 N–H and O–H groups in total. The average Bonchev–Trinajstić information content (AvgIpc) is 3.16. The van der Waals surface area contributed by atoms with E-state index in [9.17, 15) is 9.59 Å². The van der Waals surface area contributed by atoms with Gasteiger partial charge in [-0.25, -0.2) is 14.6 Å². The summed E-state index contributed by atoms with van der Waals surface area (Å²) in [6, 6.07) is 8.51. The predicted molar refractivity (Wildman–Crippen MR) is 132 cm³/mol. The molecular formula is C25H30N6O4. The lowest BCUT2D eigenvalue weighted by Crippen LogP contribution is -2.46. The molecule has 0 aliphatic carbocycles. The highest BCUT2D eigenvalue weighted by Gasteiger charge is 2.22. The maximum atomic E-state index is 9.55. The van der Waals surface area contributed by atoms with E-state index in [-0.39, 0.29) is 0 Å². The lowest BCUT2D eigenvalue weighted by atomic mass is 10.1. The average molecular weight is 479 g/mol. The summed E-state index contributed by atoms with van der Waals surface area (Å²) >= 11 is 0. The van der Waals surface area contributed by atoms with Crippen molar-refractivity contribution in [3.05, 3.63) is 71.8 Å². The third-order valence-electron chi connectivity index (χ3n) is 5.78. The van der Waals surface area contributed by atoms with Crippen molar-refractivity contribution in [3.8, 4) is 11.3 Å². The van der Waals surface area contributed by atoms with Crippen LogP contribution in [0.2, 0.25) is 0 Å². The fourth-order valence-electron chi connectivity index (χ4n) is 3.68. The number of aromatic nitrogens is 4. The van der Waals surface area contributed by atoms with Crippen molar-refractivity contribution < 1.29 is 19.8 Å². The second kappa shape index (κ2) is 11.9. The first-order chi connectivity index (χ1) is 16.7. The molecule has 35 heavy (non-hydrogen) atoms. The summed E-state index contributed by atoms with van der Waals surface area (Å²) in [7, 11) is 2.00. The summed E-state index contributed by atoms with van der Waals surface area (Å²) in [5, 5.41) is 20.0. The first-order valence-corrected chi connectivity index (χ1v) is 11.2. The van der Waals surface area contributed by atoms with E-state index in [1.807, 2.05) is 17.9 Å². The fourth-order valence-corrected chi connectivity index (χ4v) is 3.68. The van der Waals surface area contributed by atoms with E-state index in [1.54, 1.807) is 12.4 Å². The molecule has 3 aromatic rings. The minimum absolute atomic E-state index is 0.558. The summed E-state index contributed by atoms with van der Waals surface area (Å²) in [4.78, 5) is 33.2. The van der Waals surface area contributed by atoms with Crippen LogP contribution in [0.25, 0.3) is 11.3 Å². The summed E-state index contributed by atoms with van der Waals surface area (Å²) < 4.78 is 1.94. The van der Waals surface area contributed by atoms with Crippen molar-refractivity contribution in [1.29, 1.82) is 0 Å². The second-order valence-corrected chi connectivity index (χ2v) is 8.25. The number of aryl methyl sites for hydroxylation is 2. The molecule has 184 valence electrons. The molecule has 10 nitrogen and oxygen atoms in total. The Kier molecular flexibility index (Phi) is 8.69. The SMILES string of the molecule is Cc1ccc(-c2nccnc2N2CCN(Cc3cnn(C)c3C)CC2)cc1.O=C(O)/C=C/C(=O)O. The van der Waals surface area contributed by atoms with Gasteiger partial charge < -0.3 is 15.1 Å². The molecule has 1 fully saturated rings. The van der Waals surface area contributed by atoms with Crippen molar-refractivity contribution >= 4 is 17.8 Å². The number of aliphatic carboxylic acids is 2.